The van der Waals surface area contributed by atoms with Gasteiger partial charge in [-0.1, -0.05) is 12.8 Å². The number of amides is 3. The van der Waals surface area contributed by atoms with Crippen LogP contribution < -0.4 is 10.6 Å². The van der Waals surface area contributed by atoms with Gasteiger partial charge in [0.2, 0.25) is 5.91 Å². The molecule has 2 fully saturated rings. The highest BCUT2D eigenvalue weighted by Crippen LogP contribution is 2.28. The number of rotatable bonds is 4. The second-order valence-electron chi connectivity index (χ2n) is 7.73. The van der Waals surface area contributed by atoms with Crippen molar-refractivity contribution >= 4 is 11.9 Å². The Balaban J connectivity index is 1.44. The summed E-state index contributed by atoms with van der Waals surface area (Å²) in [5, 5.41) is 6.21. The van der Waals surface area contributed by atoms with E-state index in [1.54, 1.807) is 17.4 Å². The number of aromatic nitrogens is 2. The smallest absolute Gasteiger partial charge is 0.317 e. The van der Waals surface area contributed by atoms with Gasteiger partial charge in [0, 0.05) is 31.9 Å². The second kappa shape index (κ2) is 7.06. The van der Waals surface area contributed by atoms with Crippen LogP contribution in [0.15, 0.2) is 12.5 Å². The third kappa shape index (κ3) is 3.96. The predicted molar refractivity (Wildman–Crippen MR) is 92.6 cm³/mol. The maximum Gasteiger partial charge on any atom is 0.317 e. The van der Waals surface area contributed by atoms with Crippen LogP contribution in [0.25, 0.3) is 0 Å². The van der Waals surface area contributed by atoms with E-state index in [0.29, 0.717) is 25.6 Å². The number of nitrogens with one attached hydrogen (secondary N) is 2. The fourth-order valence-electron chi connectivity index (χ4n) is 3.83. The van der Waals surface area contributed by atoms with Gasteiger partial charge in [0.25, 0.3) is 0 Å². The predicted octanol–water partition coefficient (Wildman–Crippen LogP) is 1.49. The van der Waals surface area contributed by atoms with Crippen LogP contribution in [0.2, 0.25) is 0 Å². The van der Waals surface area contributed by atoms with Crippen molar-refractivity contribution in [3.8, 4) is 0 Å². The summed E-state index contributed by atoms with van der Waals surface area (Å²) in [7, 11) is 0. The average molecular weight is 345 g/mol. The van der Waals surface area contributed by atoms with Crippen LogP contribution in [0, 0.1) is 11.8 Å². The summed E-state index contributed by atoms with van der Waals surface area (Å²) >= 11 is 0. The van der Waals surface area contributed by atoms with Crippen LogP contribution in [-0.4, -0.2) is 45.5 Å². The van der Waals surface area contributed by atoms with Gasteiger partial charge in [-0.2, -0.15) is 0 Å². The Hall–Kier alpha value is -2.05. The Kier molecular flexibility index (Phi) is 4.63. The highest BCUT2D eigenvalue weighted by atomic mass is 16.2. The lowest BCUT2D eigenvalue weighted by Crippen LogP contribution is -2.47. The molecule has 2 heterocycles. The molecule has 0 aromatic carbocycles. The highest BCUT2D eigenvalue weighted by Gasteiger charge is 2.31. The Labute approximate surface area is 148 Å². The lowest BCUT2D eigenvalue weighted by molar-refractivity contribution is -0.125. The maximum absolute atomic E-state index is 12.7. The topological polar surface area (TPSA) is 79.3 Å². The van der Waals surface area contributed by atoms with Crippen LogP contribution in [-0.2, 0) is 17.9 Å². The zero-order valence-electron chi connectivity index (χ0n) is 14.6. The van der Waals surface area contributed by atoms with Crippen molar-refractivity contribution in [1.29, 1.82) is 0 Å². The number of hydrogen-bond donors (Lipinski definition) is 2. The van der Waals surface area contributed by atoms with Crippen molar-refractivity contribution < 1.29 is 9.59 Å². The zero-order valence-corrected chi connectivity index (χ0v) is 14.6. The number of carbonyl (C=O) groups is 2. The van der Waals surface area contributed by atoms with E-state index in [0.717, 1.165) is 25.1 Å². The Morgan fingerprint density at radius 1 is 1.16 bits per heavy atom. The molecular weight excluding hydrogens is 318 g/mol. The molecule has 1 aromatic rings. The van der Waals surface area contributed by atoms with E-state index in [4.69, 9.17) is 0 Å². The molecule has 25 heavy (non-hydrogen) atoms. The molecule has 1 aliphatic heterocycles. The molecule has 2 aliphatic carbocycles. The fraction of sp³-hybridized carbons (Fsp3) is 0.722. The summed E-state index contributed by atoms with van der Waals surface area (Å²) in [6.45, 7) is 2.31. The van der Waals surface area contributed by atoms with Crippen molar-refractivity contribution in [2.24, 2.45) is 11.8 Å². The summed E-state index contributed by atoms with van der Waals surface area (Å²) in [6, 6.07) is 0.226. The minimum atomic E-state index is -0.233. The number of hydrogen-bond acceptors (Lipinski definition) is 3. The molecule has 4 rings (SSSR count). The first-order chi connectivity index (χ1) is 12.2. The Morgan fingerprint density at radius 3 is 2.72 bits per heavy atom. The molecule has 3 aliphatic rings. The van der Waals surface area contributed by atoms with E-state index in [1.807, 2.05) is 4.57 Å². The van der Waals surface area contributed by atoms with E-state index >= 15 is 0 Å². The molecule has 7 nitrogen and oxygen atoms in total. The molecule has 136 valence electrons. The van der Waals surface area contributed by atoms with Crippen LogP contribution in [0.5, 0.6) is 0 Å². The number of imidazole rings is 1. The van der Waals surface area contributed by atoms with Gasteiger partial charge in [0.1, 0.15) is 0 Å². The summed E-state index contributed by atoms with van der Waals surface area (Å²) in [4.78, 5) is 31.3. The van der Waals surface area contributed by atoms with E-state index in [1.165, 1.54) is 25.7 Å². The monoisotopic (exact) mass is 345 g/mol. The van der Waals surface area contributed by atoms with Gasteiger partial charge in [0.05, 0.1) is 24.5 Å². The Bertz CT molecular complexity index is 633. The quantitative estimate of drug-likeness (QED) is 0.868. The minimum Gasteiger partial charge on any atom is -0.355 e. The van der Waals surface area contributed by atoms with Crippen LogP contribution in [0.1, 0.15) is 44.2 Å². The molecule has 0 radical (unpaired) electrons. The molecule has 3 amide bonds. The lowest BCUT2D eigenvalue weighted by atomic mass is 10.1. The van der Waals surface area contributed by atoms with Crippen molar-refractivity contribution in [3.63, 3.8) is 0 Å². The van der Waals surface area contributed by atoms with E-state index in [9.17, 15) is 9.59 Å². The fourth-order valence-corrected chi connectivity index (χ4v) is 3.83. The second-order valence-corrected chi connectivity index (χ2v) is 7.73. The third-order valence-corrected chi connectivity index (χ3v) is 5.61. The van der Waals surface area contributed by atoms with Crippen molar-refractivity contribution in [2.75, 3.05) is 13.1 Å². The Morgan fingerprint density at radius 2 is 1.96 bits per heavy atom. The highest BCUT2D eigenvalue weighted by molar-refractivity contribution is 5.80. The molecule has 0 spiro atoms. The first kappa shape index (κ1) is 16.4. The molecule has 0 unspecified atom stereocenters. The van der Waals surface area contributed by atoms with E-state index in [2.05, 4.69) is 15.6 Å². The third-order valence-electron chi connectivity index (χ3n) is 5.61. The molecule has 1 aromatic heterocycles. The van der Waals surface area contributed by atoms with E-state index in [-0.39, 0.29) is 23.9 Å². The number of fused-ring (bicyclic) bond motifs is 1. The summed E-state index contributed by atoms with van der Waals surface area (Å²) < 4.78 is 2.00. The number of nitrogens with zero attached hydrogens (tertiary/aromatic N) is 3. The molecule has 2 saturated carbocycles. The van der Waals surface area contributed by atoms with Gasteiger partial charge in [-0.25, -0.2) is 9.78 Å². The van der Waals surface area contributed by atoms with Gasteiger partial charge in [-0.05, 0) is 31.6 Å². The summed E-state index contributed by atoms with van der Waals surface area (Å²) in [6.07, 6.45) is 10.5. The summed E-state index contributed by atoms with van der Waals surface area (Å²) in [5.41, 5.74) is 0.985. The molecule has 7 heteroatoms. The van der Waals surface area contributed by atoms with Gasteiger partial charge in [-0.3, -0.25) is 4.79 Å². The minimum absolute atomic E-state index is 0.0483. The van der Waals surface area contributed by atoms with Crippen LogP contribution >= 0.6 is 0 Å². The normalized spacial score (nSPS) is 23.8. The van der Waals surface area contributed by atoms with Crippen molar-refractivity contribution in [2.45, 2.75) is 57.7 Å². The number of carbonyl (C=O) groups excluding carboxylic acids is 2. The molecular formula is C18H27N5O2. The molecule has 0 bridgehead atoms. The van der Waals surface area contributed by atoms with E-state index < -0.39 is 0 Å². The average Bonchev–Trinajstić information content (AvgIpc) is 3.18. The lowest BCUT2D eigenvalue weighted by Gasteiger charge is -2.25. The first-order valence-electron chi connectivity index (χ1n) is 9.51. The van der Waals surface area contributed by atoms with Crippen molar-refractivity contribution in [1.82, 2.24) is 25.1 Å². The molecule has 0 saturated heterocycles. The van der Waals surface area contributed by atoms with Gasteiger partial charge in [0.15, 0.2) is 0 Å². The SMILES string of the molecule is O=C(NCC1CC1)[C@H]1CN(C(=O)NC2CCCC2)Cc2cncn2C1. The van der Waals surface area contributed by atoms with Crippen LogP contribution in [0.3, 0.4) is 0 Å². The summed E-state index contributed by atoms with van der Waals surface area (Å²) in [5.74, 6) is 0.468. The zero-order chi connectivity index (χ0) is 17.2. The van der Waals surface area contributed by atoms with Crippen molar-refractivity contribution in [3.05, 3.63) is 18.2 Å². The molecule has 1 atom stereocenters. The largest absolute Gasteiger partial charge is 0.355 e. The van der Waals surface area contributed by atoms with Gasteiger partial charge in [-0.15, -0.1) is 0 Å². The van der Waals surface area contributed by atoms with Gasteiger partial charge >= 0.3 is 6.03 Å². The first-order valence-corrected chi connectivity index (χ1v) is 9.51. The number of urea groups is 1. The standard InChI is InChI=1S/C18H27N5O2/c24-17(20-7-13-5-6-13)14-9-22(11-16-8-19-12-23(16)10-14)18(25)21-15-3-1-2-4-15/h8,12-15H,1-7,9-11H2,(H,20,24)(H,21,25)/t14-/m0/s1. The van der Waals surface area contributed by atoms with Crippen LogP contribution in [0.4, 0.5) is 4.79 Å². The maximum atomic E-state index is 12.7. The van der Waals surface area contributed by atoms with Gasteiger partial charge < -0.3 is 20.1 Å². The molecule has 2 N–H and O–H groups in total.